The van der Waals surface area contributed by atoms with Crippen molar-refractivity contribution < 1.29 is 23.9 Å². The molecule has 4 amide bonds. The fourth-order valence-corrected chi connectivity index (χ4v) is 12.7. The van der Waals surface area contributed by atoms with Crippen molar-refractivity contribution in [1.29, 1.82) is 0 Å². The van der Waals surface area contributed by atoms with Gasteiger partial charge in [0.15, 0.2) is 0 Å². The van der Waals surface area contributed by atoms with Crippen molar-refractivity contribution in [3.63, 3.8) is 0 Å². The van der Waals surface area contributed by atoms with Gasteiger partial charge in [0, 0.05) is 48.0 Å². The molecule has 1 aliphatic carbocycles. The van der Waals surface area contributed by atoms with Crippen molar-refractivity contribution in [2.24, 2.45) is 0 Å². The molecule has 328 valence electrons. The summed E-state index contributed by atoms with van der Waals surface area (Å²) in [6.07, 6.45) is 13.5. The van der Waals surface area contributed by atoms with Gasteiger partial charge in [-0.2, -0.15) is 4.98 Å². The molecule has 1 atom stereocenters. The van der Waals surface area contributed by atoms with Gasteiger partial charge in [0.25, 0.3) is 11.5 Å². The summed E-state index contributed by atoms with van der Waals surface area (Å²) in [5.41, 5.74) is 6.61. The lowest BCUT2D eigenvalue weighted by Crippen LogP contribution is -2.52. The lowest BCUT2D eigenvalue weighted by Gasteiger charge is -2.38. The van der Waals surface area contributed by atoms with Gasteiger partial charge >= 0.3 is 0 Å². The molecule has 6 aliphatic heterocycles. The van der Waals surface area contributed by atoms with E-state index in [9.17, 15) is 24.0 Å². The Morgan fingerprint density at radius 1 is 0.873 bits per heavy atom. The van der Waals surface area contributed by atoms with Crippen LogP contribution in [0.15, 0.2) is 53.3 Å². The van der Waals surface area contributed by atoms with Gasteiger partial charge in [-0.05, 0) is 119 Å². The number of nitrogens with one attached hydrogen (secondary N) is 1. The molecule has 1 N–H and O–H groups in total. The molecule has 2 spiro atoms. The zero-order valence-electron chi connectivity index (χ0n) is 35.9. The maximum absolute atomic E-state index is 13.4. The average molecular weight is 871 g/mol. The summed E-state index contributed by atoms with van der Waals surface area (Å²) >= 11 is 6.57. The summed E-state index contributed by atoms with van der Waals surface area (Å²) in [6, 6.07) is 16.0. The summed E-state index contributed by atoms with van der Waals surface area (Å²) in [5.74, 6) is 1.49. The Balaban J connectivity index is 0.654. The first-order valence-electron chi connectivity index (χ1n) is 23.4. The van der Waals surface area contributed by atoms with Crippen LogP contribution in [0.1, 0.15) is 141 Å². The van der Waals surface area contributed by atoms with Gasteiger partial charge in [-0.25, -0.2) is 0 Å². The summed E-state index contributed by atoms with van der Waals surface area (Å²) in [7, 11) is 0. The van der Waals surface area contributed by atoms with Crippen LogP contribution in [0.5, 0.6) is 5.75 Å². The fourth-order valence-electron chi connectivity index (χ4n) is 12.5. The standard InChI is InChI=1S/C50H55ClN6O6/c51-37-8-7-9-39-43(37)46(61)53-48-50(19-4-2-5-20-50)36-28-32(11-14-38(36)57(39)48)31-17-24-54(25-18-31)23-6-1-3-10-42(59)55-26-21-49(22-27-55)30-63-44-34-29-56(40-15-16-41(58)52-45(40)60)47(62)33(34)12-13-35(44)49/h7-9,11-14,28,31,40H,1-6,10,15-27,29-30H2,(H,52,58,60)/t40-/m0/s1. The van der Waals surface area contributed by atoms with Crippen molar-refractivity contribution in [3.05, 3.63) is 97.5 Å². The monoisotopic (exact) mass is 870 g/mol. The number of carbonyl (C=O) groups excluding carboxylic acids is 4. The van der Waals surface area contributed by atoms with Gasteiger partial charge < -0.3 is 19.4 Å². The van der Waals surface area contributed by atoms with E-state index < -0.39 is 11.9 Å². The van der Waals surface area contributed by atoms with Gasteiger partial charge in [0.1, 0.15) is 17.6 Å². The van der Waals surface area contributed by atoms with Crippen LogP contribution in [0.3, 0.4) is 0 Å². The minimum Gasteiger partial charge on any atom is -0.492 e. The molecule has 11 rings (SSSR count). The third-order valence-electron chi connectivity index (χ3n) is 16.0. The Bertz CT molecular complexity index is 2620. The van der Waals surface area contributed by atoms with E-state index in [1.54, 1.807) is 11.0 Å². The van der Waals surface area contributed by atoms with Crippen LogP contribution in [0, 0.1) is 0 Å². The molecule has 7 aliphatic rings. The predicted molar refractivity (Wildman–Crippen MR) is 239 cm³/mol. The number of ether oxygens (including phenoxy) is 1. The van der Waals surface area contributed by atoms with Crippen LogP contribution < -0.4 is 15.6 Å². The molecule has 0 unspecified atom stereocenters. The average Bonchev–Trinajstić information content (AvgIpc) is 3.91. The van der Waals surface area contributed by atoms with Gasteiger partial charge in [-0.3, -0.25) is 33.9 Å². The first-order chi connectivity index (χ1) is 30.6. The van der Waals surface area contributed by atoms with Crippen LogP contribution in [0.2, 0.25) is 5.02 Å². The number of carbonyl (C=O) groups is 4. The molecule has 3 saturated heterocycles. The van der Waals surface area contributed by atoms with E-state index in [2.05, 4.69) is 33.0 Å². The molecule has 12 nitrogen and oxygen atoms in total. The normalized spacial score (nSPS) is 22.6. The highest BCUT2D eigenvalue weighted by atomic mass is 35.5. The highest BCUT2D eigenvalue weighted by Crippen LogP contribution is 2.53. The molecule has 1 saturated carbocycles. The predicted octanol–water partition coefficient (Wildman–Crippen LogP) is 7.06. The number of imide groups is 1. The van der Waals surface area contributed by atoms with Crippen molar-refractivity contribution in [3.8, 4) is 11.4 Å². The van der Waals surface area contributed by atoms with Crippen LogP contribution in [0.4, 0.5) is 0 Å². The number of piperidine rings is 3. The number of nitrogens with zero attached hydrogens (tertiary/aromatic N) is 5. The van der Waals surface area contributed by atoms with E-state index in [1.165, 1.54) is 17.5 Å². The van der Waals surface area contributed by atoms with E-state index in [-0.39, 0.29) is 40.5 Å². The number of hydrogen-bond acceptors (Lipinski definition) is 8. The lowest BCUT2D eigenvalue weighted by atomic mass is 9.69. The van der Waals surface area contributed by atoms with E-state index in [1.807, 2.05) is 29.2 Å². The van der Waals surface area contributed by atoms with Crippen LogP contribution >= 0.6 is 11.6 Å². The summed E-state index contributed by atoms with van der Waals surface area (Å²) in [4.78, 5) is 75.4. The molecular weight excluding hydrogens is 816 g/mol. The van der Waals surface area contributed by atoms with Gasteiger partial charge in [-0.1, -0.05) is 61.5 Å². The zero-order valence-corrected chi connectivity index (χ0v) is 36.6. The number of halogens is 1. The Kier molecular flexibility index (Phi) is 10.2. The van der Waals surface area contributed by atoms with E-state index >= 15 is 0 Å². The number of benzene rings is 3. The fraction of sp³-hybridized carbons (Fsp3) is 0.520. The zero-order chi connectivity index (χ0) is 43.0. The minimum atomic E-state index is -0.657. The van der Waals surface area contributed by atoms with Crippen molar-refractivity contribution in [2.45, 2.75) is 126 Å². The van der Waals surface area contributed by atoms with E-state index in [0.29, 0.717) is 61.0 Å². The Hall–Kier alpha value is -5.07. The second kappa shape index (κ2) is 15.9. The molecule has 4 aromatic rings. The minimum absolute atomic E-state index is 0.187. The van der Waals surface area contributed by atoms with E-state index in [4.69, 9.17) is 21.3 Å². The highest BCUT2D eigenvalue weighted by molar-refractivity contribution is 6.35. The number of likely N-dealkylation sites (tertiary alicyclic amines) is 2. The van der Waals surface area contributed by atoms with Gasteiger partial charge in [0.2, 0.25) is 17.7 Å². The Morgan fingerprint density at radius 3 is 2.48 bits per heavy atom. The maximum atomic E-state index is 13.4. The molecule has 7 heterocycles. The number of aromatic nitrogens is 2. The molecule has 0 bridgehead atoms. The van der Waals surface area contributed by atoms with Crippen LogP contribution in [-0.4, -0.2) is 93.3 Å². The lowest BCUT2D eigenvalue weighted by molar-refractivity contribution is -0.137. The quantitative estimate of drug-likeness (QED) is 0.147. The molecular formula is C50H55ClN6O6. The van der Waals surface area contributed by atoms with Gasteiger partial charge in [0.05, 0.1) is 40.2 Å². The number of fused-ring (bicyclic) bond motifs is 11. The summed E-state index contributed by atoms with van der Waals surface area (Å²) in [6.45, 7) is 5.42. The highest BCUT2D eigenvalue weighted by Gasteiger charge is 2.49. The number of rotatable bonds is 8. The Labute approximate surface area is 372 Å². The smallest absolute Gasteiger partial charge is 0.282 e. The molecule has 13 heteroatoms. The number of unbranched alkanes of at least 4 members (excludes halogenated alkanes) is 2. The van der Waals surface area contributed by atoms with Crippen LogP contribution in [-0.2, 0) is 31.8 Å². The Morgan fingerprint density at radius 2 is 1.68 bits per heavy atom. The molecule has 3 aromatic carbocycles. The molecule has 4 fully saturated rings. The first-order valence-corrected chi connectivity index (χ1v) is 23.8. The third kappa shape index (κ3) is 6.72. The molecule has 63 heavy (non-hydrogen) atoms. The largest absolute Gasteiger partial charge is 0.492 e. The van der Waals surface area contributed by atoms with Crippen molar-refractivity contribution in [2.75, 3.05) is 39.3 Å². The topological polar surface area (TPSA) is 134 Å². The summed E-state index contributed by atoms with van der Waals surface area (Å²) < 4.78 is 8.57. The van der Waals surface area contributed by atoms with Crippen molar-refractivity contribution >= 4 is 46.1 Å². The van der Waals surface area contributed by atoms with E-state index in [0.717, 1.165) is 124 Å². The van der Waals surface area contributed by atoms with Crippen LogP contribution in [0.25, 0.3) is 16.6 Å². The number of amides is 4. The second-order valence-electron chi connectivity index (χ2n) is 19.4. The second-order valence-corrected chi connectivity index (χ2v) is 19.8. The summed E-state index contributed by atoms with van der Waals surface area (Å²) in [5, 5.41) is 3.33. The first kappa shape index (κ1) is 40.7. The number of hydrogen-bond donors (Lipinski definition) is 1. The molecule has 0 radical (unpaired) electrons. The third-order valence-corrected chi connectivity index (χ3v) is 16.3. The molecule has 1 aromatic heterocycles. The van der Waals surface area contributed by atoms with Gasteiger partial charge in [-0.15, -0.1) is 0 Å². The maximum Gasteiger partial charge on any atom is 0.282 e. The SMILES string of the molecule is O=C1CC[C@H](N2Cc3c(ccc4c3OCC43CCN(C(=O)CCCCCN4CCC(c5ccc6c(c5)C5(CCCCC5)c5nc(=O)c7c(Cl)cccc7n5-6)CC4)CC3)C2=O)C(=O)N1. The van der Waals surface area contributed by atoms with Crippen molar-refractivity contribution in [1.82, 2.24) is 29.6 Å².